The van der Waals surface area contributed by atoms with E-state index in [0.29, 0.717) is 13.0 Å². The number of rotatable bonds is 11. The molecule has 7 nitrogen and oxygen atoms in total. The Labute approximate surface area is 169 Å². The molecule has 0 aromatic rings. The van der Waals surface area contributed by atoms with E-state index in [1.807, 2.05) is 32.0 Å². The summed E-state index contributed by atoms with van der Waals surface area (Å²) in [7, 11) is 5.06. The monoisotopic (exact) mass is 397 g/mol. The van der Waals surface area contributed by atoms with E-state index >= 15 is 0 Å². The average Bonchev–Trinajstić information content (AvgIpc) is 2.59. The molecule has 0 fully saturated rings. The minimum Gasteiger partial charge on any atom is -0.469 e. The number of methoxy groups -OCH3 is 1. The molecule has 0 saturated heterocycles. The van der Waals surface area contributed by atoms with Gasteiger partial charge in [-0.05, 0) is 61.1 Å². The van der Waals surface area contributed by atoms with E-state index in [-0.39, 0.29) is 19.4 Å². The van der Waals surface area contributed by atoms with Gasteiger partial charge in [-0.25, -0.2) is 0 Å². The van der Waals surface area contributed by atoms with E-state index in [0.717, 1.165) is 0 Å². The van der Waals surface area contributed by atoms with Gasteiger partial charge in [0.1, 0.15) is 12.7 Å². The largest absolute Gasteiger partial charge is 0.469 e. The molecule has 0 radical (unpaired) electrons. The second kappa shape index (κ2) is 10.5. The Morgan fingerprint density at radius 3 is 1.96 bits per heavy atom. The van der Waals surface area contributed by atoms with Crippen LogP contribution >= 0.6 is 0 Å². The van der Waals surface area contributed by atoms with Gasteiger partial charge >= 0.3 is 17.9 Å². The van der Waals surface area contributed by atoms with Crippen molar-refractivity contribution in [2.24, 2.45) is 16.2 Å². The smallest absolute Gasteiger partial charge is 0.325 e. The third kappa shape index (κ3) is 7.16. The maximum atomic E-state index is 12.8. The highest BCUT2D eigenvalue weighted by molar-refractivity contribution is 5.83. The molecule has 0 aromatic heterocycles. The first-order chi connectivity index (χ1) is 12.8. The lowest BCUT2D eigenvalue weighted by Crippen LogP contribution is -2.44. The number of nitrogens with zero attached hydrogens (tertiary/aromatic N) is 1. The third-order valence-corrected chi connectivity index (χ3v) is 5.04. The molecule has 7 heteroatoms. The standard InChI is InChI=1S/C21H35NO6/c1-10-20(5,17(24)28-13-12-22(7)8)15-21(6,18(25)27-11-2)14-19(3,4)16(23)26-9/h2H,10,12-15H2,1,3-9H3. The van der Waals surface area contributed by atoms with Gasteiger partial charge in [0.15, 0.2) is 0 Å². The molecule has 2 unspecified atom stereocenters. The molecule has 0 aliphatic carbocycles. The number of ether oxygens (including phenoxy) is 3. The lowest BCUT2D eigenvalue weighted by molar-refractivity contribution is -0.164. The number of carbonyl (C=O) groups is 3. The van der Waals surface area contributed by atoms with Crippen LogP contribution in [0, 0.1) is 28.8 Å². The molecule has 0 amide bonds. The van der Waals surface area contributed by atoms with Crippen LogP contribution in [0.5, 0.6) is 0 Å². The number of carbonyl (C=O) groups excluding carboxylic acids is 3. The number of terminal acetylenes is 1. The molecule has 0 N–H and O–H groups in total. The van der Waals surface area contributed by atoms with Crippen LogP contribution in [0.3, 0.4) is 0 Å². The molecule has 160 valence electrons. The Morgan fingerprint density at radius 1 is 0.964 bits per heavy atom. The van der Waals surface area contributed by atoms with E-state index in [2.05, 4.69) is 0 Å². The van der Waals surface area contributed by atoms with Crippen LogP contribution in [0.1, 0.15) is 53.9 Å². The minimum atomic E-state index is -1.19. The normalized spacial score (nSPS) is 15.7. The second-order valence-electron chi connectivity index (χ2n) is 8.65. The fourth-order valence-corrected chi connectivity index (χ4v) is 3.41. The zero-order valence-corrected chi connectivity index (χ0v) is 18.5. The van der Waals surface area contributed by atoms with Crippen molar-refractivity contribution in [1.82, 2.24) is 4.90 Å². The van der Waals surface area contributed by atoms with Gasteiger partial charge in [-0.2, -0.15) is 0 Å². The van der Waals surface area contributed by atoms with E-state index in [1.54, 1.807) is 27.7 Å². The molecule has 0 heterocycles. The summed E-state index contributed by atoms with van der Waals surface area (Å²) in [5.74, 6) is -1.51. The van der Waals surface area contributed by atoms with Crippen molar-refractivity contribution in [1.29, 1.82) is 0 Å². The van der Waals surface area contributed by atoms with Crippen LogP contribution in [-0.2, 0) is 28.6 Å². The van der Waals surface area contributed by atoms with Gasteiger partial charge in [-0.1, -0.05) is 13.3 Å². The molecule has 0 saturated carbocycles. The Morgan fingerprint density at radius 2 is 1.54 bits per heavy atom. The summed E-state index contributed by atoms with van der Waals surface area (Å²) in [6.45, 7) is 9.46. The summed E-state index contributed by atoms with van der Waals surface area (Å²) in [6, 6.07) is 0. The average molecular weight is 398 g/mol. The van der Waals surface area contributed by atoms with Crippen LogP contribution in [0.4, 0.5) is 0 Å². The van der Waals surface area contributed by atoms with Crippen LogP contribution in [-0.4, -0.2) is 57.2 Å². The molecule has 0 spiro atoms. The molecular formula is C21H35NO6. The van der Waals surface area contributed by atoms with E-state index in [9.17, 15) is 14.4 Å². The topological polar surface area (TPSA) is 82.1 Å². The Hall–Kier alpha value is -2.07. The molecule has 0 aromatic carbocycles. The van der Waals surface area contributed by atoms with E-state index < -0.39 is 34.2 Å². The predicted octanol–water partition coefficient (Wildman–Crippen LogP) is 2.63. The lowest BCUT2D eigenvalue weighted by atomic mass is 9.65. The van der Waals surface area contributed by atoms with E-state index in [1.165, 1.54) is 7.11 Å². The van der Waals surface area contributed by atoms with Crippen molar-refractivity contribution in [3.8, 4) is 12.5 Å². The summed E-state index contributed by atoms with van der Waals surface area (Å²) in [5.41, 5.74) is -3.10. The van der Waals surface area contributed by atoms with Crippen molar-refractivity contribution in [2.45, 2.75) is 53.9 Å². The molecule has 0 aliphatic rings. The van der Waals surface area contributed by atoms with Crippen molar-refractivity contribution in [3.63, 3.8) is 0 Å². The van der Waals surface area contributed by atoms with Crippen LogP contribution in [0.25, 0.3) is 0 Å². The van der Waals surface area contributed by atoms with Crippen LogP contribution < -0.4 is 0 Å². The highest BCUT2D eigenvalue weighted by Gasteiger charge is 2.49. The number of hydrogen-bond acceptors (Lipinski definition) is 7. The maximum Gasteiger partial charge on any atom is 0.325 e. The van der Waals surface area contributed by atoms with Gasteiger partial charge in [-0.3, -0.25) is 14.4 Å². The molecule has 2 atom stereocenters. The van der Waals surface area contributed by atoms with Crippen molar-refractivity contribution in [2.75, 3.05) is 34.4 Å². The van der Waals surface area contributed by atoms with Crippen LogP contribution in [0.2, 0.25) is 0 Å². The Balaban J connectivity index is 5.71. The van der Waals surface area contributed by atoms with Gasteiger partial charge in [0, 0.05) is 6.54 Å². The SMILES string of the molecule is C#COC(=O)C(C)(CC(C)(C)C(=O)OC)CC(C)(CC)C(=O)OCCN(C)C. The summed E-state index contributed by atoms with van der Waals surface area (Å²) in [4.78, 5) is 39.5. The predicted molar refractivity (Wildman–Crippen MR) is 106 cm³/mol. The van der Waals surface area contributed by atoms with Gasteiger partial charge < -0.3 is 19.1 Å². The maximum absolute atomic E-state index is 12.8. The zero-order chi connectivity index (χ0) is 22.2. The molecule has 28 heavy (non-hydrogen) atoms. The highest BCUT2D eigenvalue weighted by Crippen LogP contribution is 2.45. The van der Waals surface area contributed by atoms with E-state index in [4.69, 9.17) is 20.6 Å². The lowest BCUT2D eigenvalue weighted by Gasteiger charge is -2.39. The van der Waals surface area contributed by atoms with Gasteiger partial charge in [0.25, 0.3) is 0 Å². The van der Waals surface area contributed by atoms with Crippen molar-refractivity contribution in [3.05, 3.63) is 0 Å². The van der Waals surface area contributed by atoms with Crippen LogP contribution in [0.15, 0.2) is 0 Å². The molecule has 0 aliphatic heterocycles. The second-order valence-corrected chi connectivity index (χ2v) is 8.65. The zero-order valence-electron chi connectivity index (χ0n) is 18.5. The Kier molecular flexibility index (Phi) is 9.69. The minimum absolute atomic E-state index is 0.105. The molecular weight excluding hydrogens is 362 g/mol. The fraction of sp³-hybridized carbons (Fsp3) is 0.762. The summed E-state index contributed by atoms with van der Waals surface area (Å²) in [6.07, 6.45) is 7.72. The first-order valence-corrected chi connectivity index (χ1v) is 9.35. The van der Waals surface area contributed by atoms with Gasteiger partial charge in [0.2, 0.25) is 0 Å². The quantitative estimate of drug-likeness (QED) is 0.301. The Bertz CT molecular complexity index is 607. The van der Waals surface area contributed by atoms with Gasteiger partial charge in [-0.15, -0.1) is 0 Å². The van der Waals surface area contributed by atoms with Crippen molar-refractivity contribution >= 4 is 17.9 Å². The summed E-state index contributed by atoms with van der Waals surface area (Å²) in [5, 5.41) is 0. The fourth-order valence-electron chi connectivity index (χ4n) is 3.41. The number of hydrogen-bond donors (Lipinski definition) is 0. The summed E-state index contributed by atoms with van der Waals surface area (Å²) < 4.78 is 15.1. The highest BCUT2D eigenvalue weighted by atomic mass is 16.5. The summed E-state index contributed by atoms with van der Waals surface area (Å²) >= 11 is 0. The molecule has 0 rings (SSSR count). The molecule has 0 bridgehead atoms. The first kappa shape index (κ1) is 25.9. The number of esters is 3. The third-order valence-electron chi connectivity index (χ3n) is 5.04. The van der Waals surface area contributed by atoms with Gasteiger partial charge in [0.05, 0.1) is 23.4 Å². The first-order valence-electron chi connectivity index (χ1n) is 9.35. The van der Waals surface area contributed by atoms with Crippen molar-refractivity contribution < 1.29 is 28.6 Å². The number of likely N-dealkylation sites (N-methyl/N-ethyl adjacent to an activating group) is 1.